The van der Waals surface area contributed by atoms with Crippen molar-refractivity contribution >= 4 is 38.1 Å². The normalized spacial score (nSPS) is 11.6. The first-order chi connectivity index (χ1) is 20.6. The zero-order chi connectivity index (χ0) is 31.3. The molecule has 1 radical (unpaired) electrons. The minimum Gasteiger partial charge on any atom is -0.512 e. The Hall–Kier alpha value is -3.40. The van der Waals surface area contributed by atoms with Gasteiger partial charge >= 0.3 is 0 Å². The predicted octanol–water partition coefficient (Wildman–Crippen LogP) is 10.9. The van der Waals surface area contributed by atoms with Crippen molar-refractivity contribution in [1.29, 1.82) is 0 Å². The van der Waals surface area contributed by atoms with Gasteiger partial charge in [0.25, 0.3) is 0 Å². The summed E-state index contributed by atoms with van der Waals surface area (Å²) < 4.78 is 14.6. The van der Waals surface area contributed by atoms with E-state index in [1.165, 1.54) is 11.6 Å². The zero-order valence-corrected chi connectivity index (χ0v) is 29.2. The molecular formula is C39H43FIrNO2-. The van der Waals surface area contributed by atoms with Gasteiger partial charge in [0.2, 0.25) is 0 Å². The SMILES string of the molecule is CCC(CC)C(=O)C=C(O)C(CC)CC.Cc1[c-]c(-c2nccc3c2ccc2c4ccc(C)c(F)c4ccc32)cc(C)c1.[Ir]. The summed E-state index contributed by atoms with van der Waals surface area (Å²) in [7, 11) is 0. The minimum absolute atomic E-state index is 0. The first kappa shape index (κ1) is 35.1. The smallest absolute Gasteiger partial charge is 0.162 e. The molecule has 233 valence electrons. The Morgan fingerprint density at radius 2 is 1.32 bits per heavy atom. The number of aryl methyl sites for hydroxylation is 3. The number of aliphatic hydroxyl groups excluding tert-OH is 1. The molecule has 0 saturated heterocycles. The van der Waals surface area contributed by atoms with Crippen LogP contribution < -0.4 is 0 Å². The van der Waals surface area contributed by atoms with Gasteiger partial charge in [-0.2, -0.15) is 0 Å². The van der Waals surface area contributed by atoms with Crippen molar-refractivity contribution in [3.8, 4) is 11.3 Å². The van der Waals surface area contributed by atoms with E-state index < -0.39 is 0 Å². The second kappa shape index (κ2) is 15.5. The number of nitrogens with zero attached hydrogens (tertiary/aromatic N) is 1. The van der Waals surface area contributed by atoms with Gasteiger partial charge in [-0.1, -0.05) is 77.9 Å². The number of benzene rings is 4. The number of aromatic nitrogens is 1. The van der Waals surface area contributed by atoms with Crippen LogP contribution >= 0.6 is 0 Å². The standard InChI is InChI=1S/C26H19FN.C13H24O2.Ir/c1-15-12-16(2)14-18(13-15)26-24-9-7-19-20(22(24)10-11-28-26)6-8-23-21(19)5-4-17(3)25(23)27;1-5-10(6-2)12(14)9-13(15)11(7-3)8-4;/h4-13H,1-3H3;9-11,14H,5-8H2,1-4H3;/q-1;;. The molecular weight excluding hydrogens is 726 g/mol. The molecule has 4 aromatic carbocycles. The number of hydrogen-bond donors (Lipinski definition) is 1. The summed E-state index contributed by atoms with van der Waals surface area (Å²) in [5.41, 5.74) is 4.91. The van der Waals surface area contributed by atoms with Gasteiger partial charge in [-0.3, -0.25) is 4.79 Å². The van der Waals surface area contributed by atoms with Crippen LogP contribution in [-0.2, 0) is 24.9 Å². The minimum atomic E-state index is -0.139. The Kier molecular flexibility index (Phi) is 12.4. The monoisotopic (exact) mass is 769 g/mol. The molecule has 0 atom stereocenters. The number of aliphatic hydroxyl groups is 1. The van der Waals surface area contributed by atoms with E-state index in [4.69, 9.17) is 0 Å². The van der Waals surface area contributed by atoms with Crippen molar-refractivity contribution in [1.82, 2.24) is 4.98 Å². The average molecular weight is 769 g/mol. The summed E-state index contributed by atoms with van der Waals surface area (Å²) in [6, 6.07) is 21.7. The Morgan fingerprint density at radius 1 is 0.795 bits per heavy atom. The van der Waals surface area contributed by atoms with E-state index in [-0.39, 0.29) is 49.3 Å². The molecule has 0 aliphatic heterocycles. The van der Waals surface area contributed by atoms with Crippen molar-refractivity contribution < 1.29 is 34.4 Å². The van der Waals surface area contributed by atoms with Gasteiger partial charge in [-0.15, -0.1) is 34.9 Å². The summed E-state index contributed by atoms with van der Waals surface area (Å²) in [5, 5.41) is 15.8. The maximum Gasteiger partial charge on any atom is 0.162 e. The van der Waals surface area contributed by atoms with Crippen LogP contribution in [0.3, 0.4) is 0 Å². The first-order valence-electron chi connectivity index (χ1n) is 15.5. The van der Waals surface area contributed by atoms with Gasteiger partial charge in [-0.05, 0) is 76.9 Å². The van der Waals surface area contributed by atoms with E-state index in [2.05, 4.69) is 49.2 Å². The maximum absolute atomic E-state index is 14.6. The molecule has 0 bridgehead atoms. The predicted molar refractivity (Wildman–Crippen MR) is 179 cm³/mol. The van der Waals surface area contributed by atoms with Gasteiger partial charge in [0.05, 0.1) is 5.76 Å². The van der Waals surface area contributed by atoms with Crippen molar-refractivity contribution in [2.45, 2.75) is 74.1 Å². The summed E-state index contributed by atoms with van der Waals surface area (Å²) in [5.74, 6) is 0.408. The van der Waals surface area contributed by atoms with Crippen LogP contribution in [0.2, 0.25) is 0 Å². The van der Waals surface area contributed by atoms with Crippen LogP contribution in [0, 0.1) is 44.5 Å². The topological polar surface area (TPSA) is 50.2 Å². The molecule has 1 N–H and O–H groups in total. The van der Waals surface area contributed by atoms with Crippen molar-refractivity contribution in [2.75, 3.05) is 0 Å². The fraction of sp³-hybridized carbons (Fsp3) is 0.333. The number of pyridine rings is 1. The third-order valence-electron chi connectivity index (χ3n) is 8.55. The van der Waals surface area contributed by atoms with Crippen LogP contribution in [-0.4, -0.2) is 15.9 Å². The van der Waals surface area contributed by atoms with Gasteiger partial charge in [-0.25, -0.2) is 4.39 Å². The van der Waals surface area contributed by atoms with Crippen molar-refractivity contribution in [3.63, 3.8) is 0 Å². The molecule has 0 amide bonds. The second-order valence-electron chi connectivity index (χ2n) is 11.5. The Balaban J connectivity index is 0.000000286. The molecule has 1 aromatic heterocycles. The zero-order valence-electron chi connectivity index (χ0n) is 26.8. The summed E-state index contributed by atoms with van der Waals surface area (Å²) in [4.78, 5) is 16.4. The Morgan fingerprint density at radius 3 is 1.91 bits per heavy atom. The molecule has 5 rings (SSSR count). The van der Waals surface area contributed by atoms with E-state index in [9.17, 15) is 14.3 Å². The molecule has 0 spiro atoms. The van der Waals surface area contributed by atoms with Crippen LogP contribution in [0.4, 0.5) is 4.39 Å². The van der Waals surface area contributed by atoms with E-state index >= 15 is 0 Å². The second-order valence-corrected chi connectivity index (χ2v) is 11.5. The number of allylic oxidation sites excluding steroid dienone is 2. The number of carbonyl (C=O) groups excluding carboxylic acids is 1. The number of halogens is 1. The summed E-state index contributed by atoms with van der Waals surface area (Å²) in [6.45, 7) is 14.0. The number of ketones is 1. The van der Waals surface area contributed by atoms with Gasteiger partial charge in [0.1, 0.15) is 5.82 Å². The van der Waals surface area contributed by atoms with Gasteiger partial charge < -0.3 is 10.1 Å². The largest absolute Gasteiger partial charge is 0.512 e. The van der Waals surface area contributed by atoms with Gasteiger partial charge in [0.15, 0.2) is 5.78 Å². The first-order valence-corrected chi connectivity index (χ1v) is 15.5. The molecule has 5 heteroatoms. The van der Waals surface area contributed by atoms with E-state index in [1.54, 1.807) is 6.92 Å². The fourth-order valence-corrected chi connectivity index (χ4v) is 5.98. The number of rotatable bonds is 8. The molecule has 0 fully saturated rings. The molecule has 0 unspecified atom stereocenters. The maximum atomic E-state index is 14.6. The fourth-order valence-electron chi connectivity index (χ4n) is 5.98. The summed E-state index contributed by atoms with van der Waals surface area (Å²) >= 11 is 0. The van der Waals surface area contributed by atoms with E-state index in [0.717, 1.165) is 69.4 Å². The third-order valence-corrected chi connectivity index (χ3v) is 8.55. The third kappa shape index (κ3) is 7.45. The molecule has 0 aliphatic rings. The quantitative estimate of drug-likeness (QED) is 0.0740. The van der Waals surface area contributed by atoms with Crippen LogP contribution in [0.1, 0.15) is 70.1 Å². The molecule has 1 heterocycles. The van der Waals surface area contributed by atoms with Crippen LogP contribution in [0.25, 0.3) is 43.6 Å². The molecule has 5 aromatic rings. The van der Waals surface area contributed by atoms with Crippen molar-refractivity contribution in [2.24, 2.45) is 11.8 Å². The van der Waals surface area contributed by atoms with E-state index in [0.29, 0.717) is 10.9 Å². The van der Waals surface area contributed by atoms with Crippen LogP contribution in [0.5, 0.6) is 0 Å². The molecule has 3 nitrogen and oxygen atoms in total. The number of carbonyl (C=O) groups is 1. The van der Waals surface area contributed by atoms with Crippen molar-refractivity contribution in [3.05, 3.63) is 101 Å². The molecule has 0 aliphatic carbocycles. The Labute approximate surface area is 275 Å². The van der Waals surface area contributed by atoms with Crippen LogP contribution in [0.15, 0.2) is 72.6 Å². The molecule has 0 saturated carbocycles. The number of hydrogen-bond acceptors (Lipinski definition) is 3. The molecule has 44 heavy (non-hydrogen) atoms. The van der Waals surface area contributed by atoms with E-state index in [1.807, 2.05) is 64.2 Å². The van der Waals surface area contributed by atoms with Gasteiger partial charge in [0, 0.05) is 49.6 Å². The Bertz CT molecular complexity index is 1780. The summed E-state index contributed by atoms with van der Waals surface area (Å²) in [6.07, 6.45) is 6.76. The number of fused-ring (bicyclic) bond motifs is 5. The average Bonchev–Trinajstić information content (AvgIpc) is 2.99.